The van der Waals surface area contributed by atoms with E-state index in [1.54, 1.807) is 0 Å². The van der Waals surface area contributed by atoms with Crippen LogP contribution in [0.2, 0.25) is 0 Å². The minimum Gasteiger partial charge on any atom is -1.00 e. The summed E-state index contributed by atoms with van der Waals surface area (Å²) in [6.45, 7) is 3.76. The molecule has 0 aliphatic heterocycles. The van der Waals surface area contributed by atoms with Crippen molar-refractivity contribution in [3.8, 4) is 0 Å². The fourth-order valence-electron chi connectivity index (χ4n) is 0.364. The molecule has 2 nitrogen and oxygen atoms in total. The van der Waals surface area contributed by atoms with Gasteiger partial charge in [-0.3, -0.25) is 4.57 Å². The zero-order valence-electron chi connectivity index (χ0n) is 7.53. The molecule has 0 bridgehead atoms. The molecule has 0 saturated heterocycles. The molecule has 0 aliphatic carbocycles. The van der Waals surface area contributed by atoms with Crippen molar-refractivity contribution in [1.82, 2.24) is 0 Å². The van der Waals surface area contributed by atoms with Crippen LogP contribution in [-0.2, 0) is 4.57 Å². The Hall–Kier alpha value is 1.89. The second-order valence-corrected chi connectivity index (χ2v) is 9.12. The molecular formula is C4H12NaO2PS2. The first-order valence-corrected chi connectivity index (χ1v) is 7.58. The van der Waals surface area contributed by atoms with Gasteiger partial charge in [-0.15, -0.1) is 0 Å². The first-order valence-electron chi connectivity index (χ1n) is 2.74. The molecule has 58 valence electrons. The second-order valence-electron chi connectivity index (χ2n) is 1.30. The quantitative estimate of drug-likeness (QED) is 0.511. The van der Waals surface area contributed by atoms with E-state index in [9.17, 15) is 4.57 Å². The van der Waals surface area contributed by atoms with Gasteiger partial charge in [0.05, 0.1) is 0 Å². The van der Waals surface area contributed by atoms with Crippen LogP contribution in [0.3, 0.4) is 0 Å². The van der Waals surface area contributed by atoms with Crippen LogP contribution in [0.4, 0.5) is 0 Å². The normalized spacial score (nSPS) is 10.7. The van der Waals surface area contributed by atoms with Gasteiger partial charge in [-0.25, -0.2) is 0 Å². The molecule has 0 amide bonds. The molecule has 0 aromatic carbocycles. The molecule has 0 fully saturated rings. The van der Waals surface area contributed by atoms with E-state index >= 15 is 0 Å². The summed E-state index contributed by atoms with van der Waals surface area (Å²) in [6, 6.07) is 0. The molecule has 0 atom stereocenters. The summed E-state index contributed by atoms with van der Waals surface area (Å²) >= 11 is 2.26. The molecule has 0 aromatic rings. The van der Waals surface area contributed by atoms with Crippen molar-refractivity contribution in [3.05, 3.63) is 0 Å². The zero-order chi connectivity index (χ0) is 7.33. The van der Waals surface area contributed by atoms with Crippen LogP contribution in [0.1, 0.15) is 15.3 Å². The van der Waals surface area contributed by atoms with Gasteiger partial charge in [0.15, 0.2) is 0 Å². The summed E-state index contributed by atoms with van der Waals surface area (Å²) in [4.78, 5) is 9.00. The van der Waals surface area contributed by atoms with E-state index in [1.165, 1.54) is 0 Å². The van der Waals surface area contributed by atoms with E-state index in [2.05, 4.69) is 0 Å². The number of hydrogen-bond acceptors (Lipinski definition) is 3. The summed E-state index contributed by atoms with van der Waals surface area (Å²) in [5, 5.41) is 0. The molecule has 0 rings (SSSR count). The minimum absolute atomic E-state index is 0. The maximum absolute atomic E-state index is 10.9. The first kappa shape index (κ1) is 14.4. The van der Waals surface area contributed by atoms with Gasteiger partial charge >= 0.3 is 35.3 Å². The van der Waals surface area contributed by atoms with Gasteiger partial charge in [-0.05, 0) is 0 Å². The van der Waals surface area contributed by atoms with Crippen LogP contribution >= 0.6 is 28.5 Å². The van der Waals surface area contributed by atoms with Crippen LogP contribution in [0.15, 0.2) is 0 Å². The Kier molecular flexibility index (Phi) is 10.9. The van der Waals surface area contributed by atoms with E-state index in [4.69, 9.17) is 4.89 Å². The van der Waals surface area contributed by atoms with Gasteiger partial charge in [0.25, 0.3) is 0 Å². The van der Waals surface area contributed by atoms with E-state index in [0.29, 0.717) is 11.5 Å². The molecule has 0 saturated carbocycles. The standard InChI is InChI=1S/C4H11O2PS2.Na.H/c1-3-8-7(5,6)9-4-2;;/h3-4H2,1-2H3,(H,5,6);;/q;+1;-1. The SMILES string of the molecule is CCSP(=O)(O)SCC.[H-].[Na+]. The molecule has 0 spiro atoms. The maximum atomic E-state index is 10.9. The van der Waals surface area contributed by atoms with Crippen LogP contribution in [0.5, 0.6) is 0 Å². The van der Waals surface area contributed by atoms with E-state index in [1.807, 2.05) is 13.8 Å². The Bertz CT molecular complexity index is 117. The zero-order valence-corrected chi connectivity index (χ0v) is 11.1. The van der Waals surface area contributed by atoms with Crippen molar-refractivity contribution in [3.63, 3.8) is 0 Å². The average molecular weight is 210 g/mol. The van der Waals surface area contributed by atoms with E-state index in [-0.39, 0.29) is 31.0 Å². The molecule has 0 aromatic heterocycles. The second kappa shape index (κ2) is 7.53. The predicted octanol–water partition coefficient (Wildman–Crippen LogP) is -0.290. The number of hydrogen-bond donors (Lipinski definition) is 1. The first-order chi connectivity index (χ1) is 4.12. The van der Waals surface area contributed by atoms with Crippen LogP contribution in [0.25, 0.3) is 0 Å². The summed E-state index contributed by atoms with van der Waals surface area (Å²) in [6.07, 6.45) is 0. The van der Waals surface area contributed by atoms with Gasteiger partial charge in [0, 0.05) is 11.5 Å². The van der Waals surface area contributed by atoms with Crippen molar-refractivity contribution >= 4 is 28.5 Å². The summed E-state index contributed by atoms with van der Waals surface area (Å²) < 4.78 is 10.9. The van der Waals surface area contributed by atoms with Crippen molar-refractivity contribution in [2.24, 2.45) is 0 Å². The summed E-state index contributed by atoms with van der Waals surface area (Å²) in [7, 11) is 0. The predicted molar refractivity (Wildman–Crippen MR) is 47.2 cm³/mol. The van der Waals surface area contributed by atoms with Gasteiger partial charge < -0.3 is 6.32 Å². The van der Waals surface area contributed by atoms with Gasteiger partial charge in [0.2, 0.25) is 0 Å². The van der Waals surface area contributed by atoms with Gasteiger partial charge in [-0.1, -0.05) is 36.6 Å². The Morgan fingerprint density at radius 3 is 1.90 bits per heavy atom. The molecule has 1 N–H and O–H groups in total. The van der Waals surface area contributed by atoms with Gasteiger partial charge in [-0.2, -0.15) is 0 Å². The van der Waals surface area contributed by atoms with Gasteiger partial charge in [0.1, 0.15) is 0 Å². The molecule has 0 aliphatic rings. The van der Waals surface area contributed by atoms with Crippen LogP contribution < -0.4 is 29.6 Å². The molecule has 10 heavy (non-hydrogen) atoms. The monoisotopic (exact) mass is 210 g/mol. The minimum atomic E-state index is -2.86. The van der Waals surface area contributed by atoms with E-state index < -0.39 is 5.77 Å². The fourth-order valence-corrected chi connectivity index (χ4v) is 5.84. The summed E-state index contributed by atoms with van der Waals surface area (Å²) in [5.74, 6) is -1.44. The van der Waals surface area contributed by atoms with Crippen molar-refractivity contribution in [2.75, 3.05) is 11.5 Å². The summed E-state index contributed by atoms with van der Waals surface area (Å²) in [5.41, 5.74) is 0. The topological polar surface area (TPSA) is 37.3 Å². The smallest absolute Gasteiger partial charge is 1.00 e. The number of rotatable bonds is 4. The molecule has 6 heteroatoms. The third-order valence-electron chi connectivity index (χ3n) is 0.584. The Morgan fingerprint density at radius 2 is 1.70 bits per heavy atom. The molecule has 0 heterocycles. The van der Waals surface area contributed by atoms with Crippen LogP contribution in [-0.4, -0.2) is 16.4 Å². The Balaban J connectivity index is -0.000000320. The van der Waals surface area contributed by atoms with E-state index in [0.717, 1.165) is 22.8 Å². The fraction of sp³-hybridized carbons (Fsp3) is 1.00. The largest absolute Gasteiger partial charge is 1.00 e. The Labute approximate surface area is 93.6 Å². The third kappa shape index (κ3) is 7.99. The maximum Gasteiger partial charge on any atom is 1.00 e. The Morgan fingerprint density at radius 1 is 1.40 bits per heavy atom. The average Bonchev–Trinajstić information content (AvgIpc) is 1.64. The van der Waals surface area contributed by atoms with Crippen molar-refractivity contribution < 1.29 is 40.4 Å². The molecule has 0 unspecified atom stereocenters. The van der Waals surface area contributed by atoms with Crippen molar-refractivity contribution in [1.29, 1.82) is 0 Å². The third-order valence-corrected chi connectivity index (χ3v) is 7.16. The van der Waals surface area contributed by atoms with Crippen molar-refractivity contribution in [2.45, 2.75) is 13.8 Å². The molecular weight excluding hydrogens is 198 g/mol. The van der Waals surface area contributed by atoms with Crippen LogP contribution in [0, 0.1) is 0 Å². The molecule has 0 radical (unpaired) electrons.